The minimum Gasteiger partial charge on any atom is -0.355 e. The third kappa shape index (κ3) is 4.05. The summed E-state index contributed by atoms with van der Waals surface area (Å²) in [5.41, 5.74) is 0.764. The molecule has 0 amide bonds. The number of benzene rings is 1. The Hall–Kier alpha value is -1.83. The Morgan fingerprint density at radius 2 is 2.08 bits per heavy atom. The summed E-state index contributed by atoms with van der Waals surface area (Å²) in [6.45, 7) is 4.04. The molecule has 4 rings (SSSR count). The van der Waals surface area contributed by atoms with Crippen molar-refractivity contribution < 1.29 is 18.4 Å². The van der Waals surface area contributed by atoms with Crippen molar-refractivity contribution in [1.82, 2.24) is 15.0 Å². The molecule has 1 aromatic carbocycles. The zero-order chi connectivity index (χ0) is 17.1. The van der Waals surface area contributed by atoms with Crippen molar-refractivity contribution in [3.63, 3.8) is 0 Å². The molecule has 2 saturated heterocycles. The molecule has 2 aliphatic heterocycles. The highest BCUT2D eigenvalue weighted by Gasteiger charge is 2.28. The predicted octanol–water partition coefficient (Wildman–Crippen LogP) is 2.82. The predicted molar refractivity (Wildman–Crippen MR) is 88.4 cm³/mol. The van der Waals surface area contributed by atoms with Crippen LogP contribution in [-0.4, -0.2) is 54.2 Å². The Bertz CT molecular complexity index is 685. The van der Waals surface area contributed by atoms with Gasteiger partial charge in [0.25, 0.3) is 0 Å². The van der Waals surface area contributed by atoms with Crippen molar-refractivity contribution in [2.45, 2.75) is 31.3 Å². The summed E-state index contributed by atoms with van der Waals surface area (Å²) >= 11 is 0. The number of piperidine rings is 1. The highest BCUT2D eigenvalue weighted by molar-refractivity contribution is 5.53. The van der Waals surface area contributed by atoms with Crippen molar-refractivity contribution in [2.75, 3.05) is 33.0 Å². The molecule has 6 nitrogen and oxygen atoms in total. The fourth-order valence-corrected chi connectivity index (χ4v) is 3.47. The maximum atomic E-state index is 13.0. The topological polar surface area (TPSA) is 60.6 Å². The standard InChI is InChI=1S/C18H22FN3O3/c19-15-5-3-13(4-6-15)17-20-18(25-21-17)14-2-1-8-22(10-14)11-16-7-9-23-12-24-16/h3-6,14,16H,1-2,7-12H2. The molecule has 2 aromatic rings. The minimum absolute atomic E-state index is 0.232. The first-order valence-corrected chi connectivity index (χ1v) is 8.79. The highest BCUT2D eigenvalue weighted by atomic mass is 19.1. The molecule has 2 fully saturated rings. The van der Waals surface area contributed by atoms with Crippen molar-refractivity contribution in [3.8, 4) is 11.4 Å². The molecule has 1 aromatic heterocycles. The average Bonchev–Trinajstić information content (AvgIpc) is 3.14. The third-order valence-corrected chi connectivity index (χ3v) is 4.83. The van der Waals surface area contributed by atoms with Crippen LogP contribution in [0.4, 0.5) is 4.39 Å². The van der Waals surface area contributed by atoms with Crippen molar-refractivity contribution >= 4 is 0 Å². The summed E-state index contributed by atoms with van der Waals surface area (Å²) < 4.78 is 29.4. The van der Waals surface area contributed by atoms with E-state index < -0.39 is 0 Å². The SMILES string of the molecule is Fc1ccc(-c2noc(C3CCCN(CC4CCOCO4)C3)n2)cc1. The van der Waals surface area contributed by atoms with E-state index in [1.54, 1.807) is 12.1 Å². The summed E-state index contributed by atoms with van der Waals surface area (Å²) in [4.78, 5) is 6.95. The lowest BCUT2D eigenvalue weighted by molar-refractivity contribution is -0.145. The van der Waals surface area contributed by atoms with E-state index in [0.717, 1.165) is 51.1 Å². The number of ether oxygens (including phenoxy) is 2. The van der Waals surface area contributed by atoms with E-state index in [0.29, 0.717) is 18.5 Å². The summed E-state index contributed by atoms with van der Waals surface area (Å²) in [5, 5.41) is 4.06. The van der Waals surface area contributed by atoms with Gasteiger partial charge in [-0.25, -0.2) is 4.39 Å². The van der Waals surface area contributed by atoms with Crippen LogP contribution in [-0.2, 0) is 9.47 Å². The Morgan fingerprint density at radius 3 is 2.88 bits per heavy atom. The van der Waals surface area contributed by atoms with E-state index in [1.807, 2.05) is 0 Å². The van der Waals surface area contributed by atoms with Crippen molar-refractivity contribution in [2.24, 2.45) is 0 Å². The first-order valence-electron chi connectivity index (χ1n) is 8.79. The van der Waals surface area contributed by atoms with Gasteiger partial charge in [-0.3, -0.25) is 4.90 Å². The van der Waals surface area contributed by atoms with Crippen LogP contribution in [0.5, 0.6) is 0 Å². The van der Waals surface area contributed by atoms with Crippen LogP contribution < -0.4 is 0 Å². The molecule has 0 saturated carbocycles. The van der Waals surface area contributed by atoms with Gasteiger partial charge in [-0.15, -0.1) is 0 Å². The van der Waals surface area contributed by atoms with Gasteiger partial charge in [0, 0.05) is 18.7 Å². The van der Waals surface area contributed by atoms with Gasteiger partial charge in [0.1, 0.15) is 12.6 Å². The number of hydrogen-bond acceptors (Lipinski definition) is 6. The second-order valence-corrected chi connectivity index (χ2v) is 6.67. The van der Waals surface area contributed by atoms with Gasteiger partial charge in [0.15, 0.2) is 0 Å². The Labute approximate surface area is 145 Å². The zero-order valence-corrected chi connectivity index (χ0v) is 14.1. The normalized spacial score (nSPS) is 25.2. The molecular weight excluding hydrogens is 325 g/mol. The second-order valence-electron chi connectivity index (χ2n) is 6.67. The maximum absolute atomic E-state index is 13.0. The molecule has 2 atom stereocenters. The summed E-state index contributed by atoms with van der Waals surface area (Å²) in [5.74, 6) is 1.14. The molecular formula is C18H22FN3O3. The van der Waals surface area contributed by atoms with Crippen LogP contribution in [0.2, 0.25) is 0 Å². The molecule has 134 valence electrons. The first-order chi connectivity index (χ1) is 12.3. The van der Waals surface area contributed by atoms with E-state index in [2.05, 4.69) is 15.0 Å². The number of hydrogen-bond donors (Lipinski definition) is 0. The Kier molecular flexibility index (Phi) is 5.05. The second kappa shape index (κ2) is 7.59. The lowest BCUT2D eigenvalue weighted by Gasteiger charge is -2.34. The van der Waals surface area contributed by atoms with Gasteiger partial charge < -0.3 is 14.0 Å². The van der Waals surface area contributed by atoms with E-state index in [9.17, 15) is 4.39 Å². The smallest absolute Gasteiger partial charge is 0.231 e. The van der Waals surface area contributed by atoms with Crippen LogP contribution >= 0.6 is 0 Å². The van der Waals surface area contributed by atoms with Gasteiger partial charge in [-0.2, -0.15) is 4.98 Å². The monoisotopic (exact) mass is 347 g/mol. The summed E-state index contributed by atoms with van der Waals surface area (Å²) in [6, 6.07) is 6.14. The maximum Gasteiger partial charge on any atom is 0.231 e. The fourth-order valence-electron chi connectivity index (χ4n) is 3.47. The number of likely N-dealkylation sites (tertiary alicyclic amines) is 1. The average molecular weight is 347 g/mol. The molecule has 2 unspecified atom stereocenters. The molecule has 0 N–H and O–H groups in total. The first kappa shape index (κ1) is 16.6. The van der Waals surface area contributed by atoms with Gasteiger partial charge in [-0.05, 0) is 50.1 Å². The Balaban J connectivity index is 1.40. The van der Waals surface area contributed by atoms with Crippen molar-refractivity contribution in [1.29, 1.82) is 0 Å². The van der Waals surface area contributed by atoms with Crippen LogP contribution in [0.25, 0.3) is 11.4 Å². The molecule has 0 spiro atoms. The van der Waals surface area contributed by atoms with E-state index in [4.69, 9.17) is 14.0 Å². The van der Waals surface area contributed by atoms with Crippen LogP contribution in [0, 0.1) is 5.82 Å². The van der Waals surface area contributed by atoms with Crippen LogP contribution in [0.3, 0.4) is 0 Å². The lowest BCUT2D eigenvalue weighted by atomic mass is 9.97. The van der Waals surface area contributed by atoms with Crippen molar-refractivity contribution in [3.05, 3.63) is 36.0 Å². The molecule has 0 bridgehead atoms. The van der Waals surface area contributed by atoms with Gasteiger partial charge in [0.2, 0.25) is 11.7 Å². The number of aromatic nitrogens is 2. The minimum atomic E-state index is -0.272. The van der Waals surface area contributed by atoms with Gasteiger partial charge >= 0.3 is 0 Å². The number of rotatable bonds is 4. The zero-order valence-electron chi connectivity index (χ0n) is 14.1. The molecule has 25 heavy (non-hydrogen) atoms. The summed E-state index contributed by atoms with van der Waals surface area (Å²) in [7, 11) is 0. The molecule has 7 heteroatoms. The van der Waals surface area contributed by atoms with Crippen LogP contribution in [0.15, 0.2) is 28.8 Å². The van der Waals surface area contributed by atoms with Gasteiger partial charge in [0.05, 0.1) is 18.6 Å². The lowest BCUT2D eigenvalue weighted by Crippen LogP contribution is -2.42. The van der Waals surface area contributed by atoms with E-state index >= 15 is 0 Å². The quantitative estimate of drug-likeness (QED) is 0.848. The molecule has 0 aliphatic carbocycles. The van der Waals surface area contributed by atoms with E-state index in [-0.39, 0.29) is 17.8 Å². The highest BCUT2D eigenvalue weighted by Crippen LogP contribution is 2.28. The third-order valence-electron chi connectivity index (χ3n) is 4.83. The Morgan fingerprint density at radius 1 is 1.20 bits per heavy atom. The fraction of sp³-hybridized carbons (Fsp3) is 0.556. The molecule has 0 radical (unpaired) electrons. The van der Waals surface area contributed by atoms with Crippen LogP contribution in [0.1, 0.15) is 31.1 Å². The molecule has 3 heterocycles. The van der Waals surface area contributed by atoms with E-state index in [1.165, 1.54) is 12.1 Å². The molecule has 2 aliphatic rings. The largest absolute Gasteiger partial charge is 0.355 e. The number of halogens is 1. The number of nitrogens with zero attached hydrogens (tertiary/aromatic N) is 3. The summed E-state index contributed by atoms with van der Waals surface area (Å²) in [6.07, 6.45) is 3.32. The van der Waals surface area contributed by atoms with Gasteiger partial charge in [-0.1, -0.05) is 5.16 Å².